The highest BCUT2D eigenvalue weighted by Crippen LogP contribution is 2.30. The first kappa shape index (κ1) is 16.1. The van der Waals surface area contributed by atoms with E-state index in [0.717, 1.165) is 25.9 Å². The van der Waals surface area contributed by atoms with E-state index in [-0.39, 0.29) is 12.1 Å². The van der Waals surface area contributed by atoms with Gasteiger partial charge in [-0.25, -0.2) is 4.79 Å². The molecule has 0 radical (unpaired) electrons. The highest BCUT2D eigenvalue weighted by molar-refractivity contribution is 5.78. The van der Waals surface area contributed by atoms with Crippen molar-refractivity contribution in [2.45, 2.75) is 45.6 Å². The van der Waals surface area contributed by atoms with Crippen molar-refractivity contribution in [2.24, 2.45) is 5.41 Å². The second-order valence-electron chi connectivity index (χ2n) is 6.35. The number of carbonyl (C=O) groups excluding carboxylic acids is 1. The maximum atomic E-state index is 12.6. The van der Waals surface area contributed by atoms with E-state index >= 15 is 0 Å². The number of nitrogens with zero attached hydrogens (tertiary/aromatic N) is 2. The Labute approximate surface area is 126 Å². The molecule has 2 fully saturated rings. The van der Waals surface area contributed by atoms with E-state index in [2.05, 4.69) is 0 Å². The monoisotopic (exact) mass is 298 g/mol. The number of hydrogen-bond donors (Lipinski definition) is 1. The molecule has 0 aliphatic carbocycles. The smallest absolute Gasteiger partial charge is 0.320 e. The standard InChI is InChI=1S/C15H26N2O4/c1-3-16(10-12-6-4-9-21-12)14(20)17-8-5-7-15(2,11-17)13(18)19/h12H,3-11H2,1-2H3,(H,18,19). The molecular weight excluding hydrogens is 272 g/mol. The van der Waals surface area contributed by atoms with Crippen LogP contribution in [0.25, 0.3) is 0 Å². The van der Waals surface area contributed by atoms with Crippen molar-refractivity contribution in [1.29, 1.82) is 0 Å². The van der Waals surface area contributed by atoms with E-state index in [1.54, 1.807) is 16.7 Å². The zero-order chi connectivity index (χ0) is 15.5. The van der Waals surface area contributed by atoms with Crippen LogP contribution in [0, 0.1) is 5.41 Å². The van der Waals surface area contributed by atoms with Gasteiger partial charge in [-0.1, -0.05) is 0 Å². The Morgan fingerprint density at radius 2 is 2.19 bits per heavy atom. The highest BCUT2D eigenvalue weighted by Gasteiger charge is 2.40. The molecule has 0 bridgehead atoms. The first-order valence-corrected chi connectivity index (χ1v) is 7.85. The van der Waals surface area contributed by atoms with Gasteiger partial charge in [0.25, 0.3) is 0 Å². The molecule has 0 aromatic rings. The molecule has 120 valence electrons. The molecule has 1 N–H and O–H groups in total. The first-order chi connectivity index (χ1) is 9.96. The van der Waals surface area contributed by atoms with Gasteiger partial charge in [-0.05, 0) is 39.5 Å². The number of likely N-dealkylation sites (N-methyl/N-ethyl adjacent to an activating group) is 1. The maximum Gasteiger partial charge on any atom is 0.320 e. The van der Waals surface area contributed by atoms with Crippen LogP contribution < -0.4 is 0 Å². The lowest BCUT2D eigenvalue weighted by atomic mass is 9.82. The summed E-state index contributed by atoms with van der Waals surface area (Å²) in [7, 11) is 0. The number of urea groups is 1. The number of aliphatic carboxylic acids is 1. The maximum absolute atomic E-state index is 12.6. The molecule has 2 heterocycles. The zero-order valence-electron chi connectivity index (χ0n) is 13.0. The molecule has 2 rings (SSSR count). The lowest BCUT2D eigenvalue weighted by Crippen LogP contribution is -2.53. The van der Waals surface area contributed by atoms with Crippen LogP contribution in [0.2, 0.25) is 0 Å². The van der Waals surface area contributed by atoms with Gasteiger partial charge in [0.1, 0.15) is 0 Å². The quantitative estimate of drug-likeness (QED) is 0.859. The minimum Gasteiger partial charge on any atom is -0.481 e. The summed E-state index contributed by atoms with van der Waals surface area (Å²) in [6.07, 6.45) is 3.55. The Bertz CT molecular complexity index is 395. The number of carboxylic acids is 1. The van der Waals surface area contributed by atoms with Gasteiger partial charge < -0.3 is 19.6 Å². The number of carboxylic acid groups (broad SMARTS) is 1. The van der Waals surface area contributed by atoms with E-state index < -0.39 is 11.4 Å². The second-order valence-corrected chi connectivity index (χ2v) is 6.35. The molecule has 2 saturated heterocycles. The fraction of sp³-hybridized carbons (Fsp3) is 0.867. The lowest BCUT2D eigenvalue weighted by molar-refractivity contribution is -0.150. The molecule has 6 nitrogen and oxygen atoms in total. The molecule has 2 unspecified atom stereocenters. The fourth-order valence-electron chi connectivity index (χ4n) is 3.15. The minimum atomic E-state index is -0.822. The number of piperidine rings is 1. The normalized spacial score (nSPS) is 29.4. The van der Waals surface area contributed by atoms with Gasteiger partial charge in [0, 0.05) is 32.8 Å². The predicted octanol–water partition coefficient (Wildman–Crippen LogP) is 1.79. The van der Waals surface area contributed by atoms with Crippen LogP contribution in [-0.4, -0.2) is 65.8 Å². The van der Waals surface area contributed by atoms with Gasteiger partial charge in [-0.15, -0.1) is 0 Å². The Kier molecular flexibility index (Phi) is 5.08. The summed E-state index contributed by atoms with van der Waals surface area (Å²) in [5.41, 5.74) is -0.822. The molecule has 0 aromatic heterocycles. The van der Waals surface area contributed by atoms with Crippen LogP contribution in [-0.2, 0) is 9.53 Å². The number of amides is 2. The third-order valence-corrected chi connectivity index (χ3v) is 4.58. The third-order valence-electron chi connectivity index (χ3n) is 4.58. The molecule has 2 aliphatic heterocycles. The highest BCUT2D eigenvalue weighted by atomic mass is 16.5. The third kappa shape index (κ3) is 3.67. The van der Waals surface area contributed by atoms with E-state index in [1.165, 1.54) is 0 Å². The summed E-state index contributed by atoms with van der Waals surface area (Å²) in [5, 5.41) is 9.35. The van der Waals surface area contributed by atoms with Crippen molar-refractivity contribution in [3.05, 3.63) is 0 Å². The van der Waals surface area contributed by atoms with Crippen LogP contribution in [0.3, 0.4) is 0 Å². The summed E-state index contributed by atoms with van der Waals surface area (Å²) in [6, 6.07) is -0.0554. The fourth-order valence-corrected chi connectivity index (χ4v) is 3.15. The van der Waals surface area contributed by atoms with Gasteiger partial charge in [0.15, 0.2) is 0 Å². The van der Waals surface area contributed by atoms with Gasteiger partial charge in [0.2, 0.25) is 0 Å². The Morgan fingerprint density at radius 3 is 2.76 bits per heavy atom. The molecule has 2 aliphatic rings. The van der Waals surface area contributed by atoms with E-state index in [9.17, 15) is 14.7 Å². The van der Waals surface area contributed by atoms with Crippen LogP contribution in [0.5, 0.6) is 0 Å². The van der Waals surface area contributed by atoms with Gasteiger partial charge in [-0.3, -0.25) is 4.79 Å². The topological polar surface area (TPSA) is 70.1 Å². The molecule has 21 heavy (non-hydrogen) atoms. The Hall–Kier alpha value is -1.30. The zero-order valence-corrected chi connectivity index (χ0v) is 13.0. The van der Waals surface area contributed by atoms with Crippen molar-refractivity contribution >= 4 is 12.0 Å². The summed E-state index contributed by atoms with van der Waals surface area (Å²) in [4.78, 5) is 27.5. The van der Waals surface area contributed by atoms with Crippen molar-refractivity contribution in [1.82, 2.24) is 9.80 Å². The van der Waals surface area contributed by atoms with Crippen molar-refractivity contribution in [3.8, 4) is 0 Å². The van der Waals surface area contributed by atoms with Crippen molar-refractivity contribution in [2.75, 3.05) is 32.8 Å². The number of hydrogen-bond acceptors (Lipinski definition) is 3. The van der Waals surface area contributed by atoms with E-state index in [1.807, 2.05) is 6.92 Å². The van der Waals surface area contributed by atoms with Crippen molar-refractivity contribution in [3.63, 3.8) is 0 Å². The molecule has 6 heteroatoms. The van der Waals surface area contributed by atoms with Gasteiger partial charge in [-0.2, -0.15) is 0 Å². The van der Waals surface area contributed by atoms with Gasteiger partial charge >= 0.3 is 12.0 Å². The molecular formula is C15H26N2O4. The Morgan fingerprint density at radius 1 is 1.43 bits per heavy atom. The van der Waals surface area contributed by atoms with Crippen LogP contribution in [0.15, 0.2) is 0 Å². The molecule has 0 aromatic carbocycles. The average Bonchev–Trinajstić information content (AvgIpc) is 2.97. The summed E-state index contributed by atoms with van der Waals surface area (Å²) in [5.74, 6) is -0.817. The number of ether oxygens (including phenoxy) is 1. The van der Waals surface area contributed by atoms with E-state index in [4.69, 9.17) is 4.74 Å². The summed E-state index contributed by atoms with van der Waals surface area (Å²) >= 11 is 0. The van der Waals surface area contributed by atoms with Crippen LogP contribution >= 0.6 is 0 Å². The SMILES string of the molecule is CCN(CC1CCCO1)C(=O)N1CCCC(C)(C(=O)O)C1. The largest absolute Gasteiger partial charge is 0.481 e. The predicted molar refractivity (Wildman–Crippen MR) is 78.2 cm³/mol. The van der Waals surface area contributed by atoms with Crippen LogP contribution in [0.4, 0.5) is 4.79 Å². The first-order valence-electron chi connectivity index (χ1n) is 7.85. The Balaban J connectivity index is 1.97. The number of likely N-dealkylation sites (tertiary alicyclic amines) is 1. The average molecular weight is 298 g/mol. The molecule has 2 atom stereocenters. The van der Waals surface area contributed by atoms with Gasteiger partial charge in [0.05, 0.1) is 11.5 Å². The minimum absolute atomic E-state index is 0.0554. The summed E-state index contributed by atoms with van der Waals surface area (Å²) < 4.78 is 5.60. The molecule has 0 saturated carbocycles. The summed E-state index contributed by atoms with van der Waals surface area (Å²) in [6.45, 7) is 6.62. The van der Waals surface area contributed by atoms with E-state index in [0.29, 0.717) is 32.6 Å². The van der Waals surface area contributed by atoms with Crippen molar-refractivity contribution < 1.29 is 19.4 Å². The molecule has 2 amide bonds. The molecule has 0 spiro atoms. The number of rotatable bonds is 4. The second kappa shape index (κ2) is 6.64. The lowest BCUT2D eigenvalue weighted by Gasteiger charge is -2.40. The number of carbonyl (C=O) groups is 2. The van der Waals surface area contributed by atoms with Crippen LogP contribution in [0.1, 0.15) is 39.5 Å².